The van der Waals surface area contributed by atoms with Crippen molar-refractivity contribution in [1.82, 2.24) is 5.27 Å². The van der Waals surface area contributed by atoms with Crippen molar-refractivity contribution in [1.29, 1.82) is 0 Å². The minimum atomic E-state index is -0.353. The average Bonchev–Trinajstić information content (AvgIpc) is 2.71. The number of hydrogen-bond acceptors (Lipinski definition) is 2. The zero-order chi connectivity index (χ0) is 13.1. The highest BCUT2D eigenvalue weighted by molar-refractivity contribution is 5.57. The Kier molecular flexibility index (Phi) is 3.46. The maximum atomic E-state index is 11.8. The summed E-state index contributed by atoms with van der Waals surface area (Å²) in [6.45, 7) is 6.06. The first-order chi connectivity index (χ1) is 8.59. The van der Waals surface area contributed by atoms with Gasteiger partial charge < -0.3 is 0 Å². The van der Waals surface area contributed by atoms with Crippen molar-refractivity contribution >= 4 is 5.57 Å². The molecule has 0 spiro atoms. The topological polar surface area (TPSA) is 49.9 Å². The van der Waals surface area contributed by atoms with Gasteiger partial charge >= 0.3 is 11.3 Å². The van der Waals surface area contributed by atoms with Crippen LogP contribution in [0.5, 0.6) is 0 Å². The average molecular weight is 245 g/mol. The van der Waals surface area contributed by atoms with Crippen molar-refractivity contribution in [3.05, 3.63) is 52.5 Å². The van der Waals surface area contributed by atoms with Crippen LogP contribution in [-0.4, -0.2) is 5.27 Å². The van der Waals surface area contributed by atoms with E-state index in [4.69, 9.17) is 4.52 Å². The second kappa shape index (κ2) is 5.04. The van der Waals surface area contributed by atoms with Crippen LogP contribution in [0.1, 0.15) is 26.5 Å². The molecule has 2 aromatic rings. The molecule has 0 aliphatic carbocycles. The highest BCUT2D eigenvalue weighted by Crippen LogP contribution is 2.10. The van der Waals surface area contributed by atoms with Crippen molar-refractivity contribution in [3.8, 4) is 5.69 Å². The zero-order valence-corrected chi connectivity index (χ0v) is 10.8. The van der Waals surface area contributed by atoms with E-state index in [1.807, 2.05) is 43.3 Å². The summed E-state index contributed by atoms with van der Waals surface area (Å²) in [6.07, 6.45) is 2.04. The molecule has 1 aromatic heterocycles. The molecule has 94 valence electrons. The van der Waals surface area contributed by atoms with Gasteiger partial charge in [-0.2, -0.15) is 0 Å². The van der Waals surface area contributed by atoms with E-state index in [9.17, 15) is 4.79 Å². The third kappa shape index (κ3) is 2.42. The van der Waals surface area contributed by atoms with Crippen LogP contribution in [0.4, 0.5) is 0 Å². The lowest BCUT2D eigenvalue weighted by atomic mass is 10.1. The molecule has 0 radical (unpaired) electrons. The number of benzene rings is 1. The summed E-state index contributed by atoms with van der Waals surface area (Å²) in [4.78, 5) is 11.8. The van der Waals surface area contributed by atoms with Crippen LogP contribution in [0.3, 0.4) is 0 Å². The van der Waals surface area contributed by atoms with Crippen molar-refractivity contribution < 1.29 is 9.20 Å². The van der Waals surface area contributed by atoms with Crippen molar-refractivity contribution in [3.63, 3.8) is 0 Å². The highest BCUT2D eigenvalue weighted by Gasteiger charge is 2.24. The van der Waals surface area contributed by atoms with Gasteiger partial charge in [0.2, 0.25) is 5.69 Å². The lowest BCUT2D eigenvalue weighted by Gasteiger charge is -1.97. The Morgan fingerprint density at radius 2 is 2.00 bits per heavy atom. The lowest BCUT2D eigenvalue weighted by molar-refractivity contribution is -0.672. The third-order valence-electron chi connectivity index (χ3n) is 2.62. The molecule has 0 amide bonds. The number of hydrogen-bond donors (Lipinski definition) is 1. The molecule has 0 bridgehead atoms. The van der Waals surface area contributed by atoms with Crippen LogP contribution in [0.25, 0.3) is 11.3 Å². The van der Waals surface area contributed by atoms with E-state index in [0.717, 1.165) is 11.3 Å². The number of rotatable bonds is 3. The maximum Gasteiger partial charge on any atom is 0.435 e. The minimum absolute atomic E-state index is 0.353. The van der Waals surface area contributed by atoms with Gasteiger partial charge in [-0.3, -0.25) is 4.52 Å². The van der Waals surface area contributed by atoms with Gasteiger partial charge in [0.1, 0.15) is 0 Å². The van der Waals surface area contributed by atoms with Crippen LogP contribution in [-0.2, 0) is 0 Å². The largest absolute Gasteiger partial charge is 0.435 e. The summed E-state index contributed by atoms with van der Waals surface area (Å²) in [6, 6.07) is 9.59. The quantitative estimate of drug-likeness (QED) is 0.843. The van der Waals surface area contributed by atoms with Gasteiger partial charge in [-0.15, -0.1) is 0 Å². The van der Waals surface area contributed by atoms with E-state index in [2.05, 4.69) is 19.1 Å². The van der Waals surface area contributed by atoms with Crippen molar-refractivity contribution in [2.75, 3.05) is 0 Å². The van der Waals surface area contributed by atoms with E-state index >= 15 is 0 Å². The molecule has 4 heteroatoms. The molecule has 1 heterocycles. The molecule has 0 atom stereocenters. The normalized spacial score (nSPS) is 12.1. The Bertz CT molecular complexity index is 606. The molecule has 1 N–H and O–H groups in total. The van der Waals surface area contributed by atoms with Crippen molar-refractivity contribution in [2.45, 2.75) is 20.8 Å². The molecule has 0 saturated heterocycles. The van der Waals surface area contributed by atoms with Gasteiger partial charge in [-0.05, 0) is 22.8 Å². The fourth-order valence-corrected chi connectivity index (χ4v) is 1.95. The molecule has 18 heavy (non-hydrogen) atoms. The number of para-hydroxylation sites is 1. The van der Waals surface area contributed by atoms with Gasteiger partial charge in [-0.25, -0.2) is 4.79 Å². The van der Waals surface area contributed by atoms with Gasteiger partial charge in [-0.1, -0.05) is 38.1 Å². The smallest absolute Gasteiger partial charge is 0.282 e. The Balaban J connectivity index is 2.56. The first-order valence-electron chi connectivity index (χ1n) is 5.97. The monoisotopic (exact) mass is 245 g/mol. The van der Waals surface area contributed by atoms with Gasteiger partial charge in [0, 0.05) is 17.7 Å². The second-order valence-corrected chi connectivity index (χ2v) is 4.59. The van der Waals surface area contributed by atoms with E-state index in [1.165, 1.54) is 0 Å². The third-order valence-corrected chi connectivity index (χ3v) is 2.62. The molecular formula is C14H17N2O2+. The standard InChI is InChI=1S/C14H16N2O2/c1-10(2)9-11(3)13-14(17)18-15-16(13)12-7-5-4-6-8-12/h4-10H,1-3H3/p+1/b11-9+. The Morgan fingerprint density at radius 3 is 2.61 bits per heavy atom. The Labute approximate surface area is 106 Å². The fourth-order valence-electron chi connectivity index (χ4n) is 1.95. The zero-order valence-electron chi connectivity index (χ0n) is 10.8. The summed E-state index contributed by atoms with van der Waals surface area (Å²) in [5, 5.41) is 2.63. The summed E-state index contributed by atoms with van der Waals surface area (Å²) in [5.41, 5.74) is 1.96. The SMILES string of the molecule is C/C(=C\C(C)C)c1c(=O)o[nH][n+]1-c1ccccc1. The van der Waals surface area contributed by atoms with Crippen LogP contribution in [0.15, 0.2) is 45.7 Å². The van der Waals surface area contributed by atoms with Crippen LogP contribution in [0.2, 0.25) is 0 Å². The molecular weight excluding hydrogens is 228 g/mol. The highest BCUT2D eigenvalue weighted by atomic mass is 16.5. The van der Waals surface area contributed by atoms with E-state index < -0.39 is 0 Å². The summed E-state index contributed by atoms with van der Waals surface area (Å²) >= 11 is 0. The first-order valence-corrected chi connectivity index (χ1v) is 5.97. The van der Waals surface area contributed by atoms with Crippen molar-refractivity contribution in [2.24, 2.45) is 5.92 Å². The molecule has 0 aliphatic rings. The van der Waals surface area contributed by atoms with Gasteiger partial charge in [0.25, 0.3) is 0 Å². The molecule has 0 aliphatic heterocycles. The Morgan fingerprint density at radius 1 is 1.33 bits per heavy atom. The second-order valence-electron chi connectivity index (χ2n) is 4.59. The van der Waals surface area contributed by atoms with Crippen LogP contribution < -0.4 is 10.3 Å². The number of allylic oxidation sites excluding steroid dienone is 2. The molecule has 0 saturated carbocycles. The van der Waals surface area contributed by atoms with E-state index in [-0.39, 0.29) is 5.63 Å². The number of aromatic nitrogens is 2. The summed E-state index contributed by atoms with van der Waals surface area (Å²) in [5.74, 6) is 0.378. The van der Waals surface area contributed by atoms with Crippen LogP contribution >= 0.6 is 0 Å². The van der Waals surface area contributed by atoms with Gasteiger partial charge in [0.15, 0.2) is 0 Å². The number of H-pyrrole nitrogens is 1. The molecule has 0 unspecified atom stereocenters. The number of nitrogens with zero attached hydrogens (tertiary/aromatic N) is 1. The minimum Gasteiger partial charge on any atom is -0.282 e. The summed E-state index contributed by atoms with van der Waals surface area (Å²) in [7, 11) is 0. The summed E-state index contributed by atoms with van der Waals surface area (Å²) < 4.78 is 6.56. The Hall–Kier alpha value is -2.10. The molecule has 4 nitrogen and oxygen atoms in total. The maximum absolute atomic E-state index is 11.8. The predicted octanol–water partition coefficient (Wildman–Crippen LogP) is 2.30. The number of nitrogens with one attached hydrogen (secondary N) is 1. The molecule has 0 fully saturated rings. The fraction of sp³-hybridized carbons (Fsp3) is 0.286. The van der Waals surface area contributed by atoms with E-state index in [0.29, 0.717) is 11.6 Å². The predicted molar refractivity (Wildman–Crippen MR) is 69.3 cm³/mol. The molecule has 1 aromatic carbocycles. The van der Waals surface area contributed by atoms with E-state index in [1.54, 1.807) is 4.68 Å². The first kappa shape index (κ1) is 12.4. The molecule has 2 rings (SSSR count). The van der Waals surface area contributed by atoms with Gasteiger partial charge in [0.05, 0.1) is 0 Å². The van der Waals surface area contributed by atoms with Crippen LogP contribution in [0, 0.1) is 5.92 Å². The lowest BCUT2D eigenvalue weighted by Crippen LogP contribution is -2.37. The number of aromatic amines is 1.